The molecule has 1 amide bonds. The van der Waals surface area contributed by atoms with E-state index in [-0.39, 0.29) is 11.7 Å². The lowest BCUT2D eigenvalue weighted by atomic mass is 9.96. The fourth-order valence-corrected chi connectivity index (χ4v) is 2.96. The number of ketones is 1. The molecule has 1 N–H and O–H groups in total. The maximum atomic E-state index is 12.2. The molecule has 0 aliphatic heterocycles. The standard InChI is InChI=1S/C20H28ClNO2/c1-5-7-16(19-13-17(21)10-9-14(19)3)11-12-22-20(24)18(8-6-2)15(4)23/h7,9-10,13,18H,5-6,8,11-12H2,1-4H3,(H,22,24)/b16-7-. The van der Waals surface area contributed by atoms with Crippen LogP contribution in [0.25, 0.3) is 5.57 Å². The van der Waals surface area contributed by atoms with Crippen LogP contribution in [-0.2, 0) is 9.59 Å². The highest BCUT2D eigenvalue weighted by atomic mass is 35.5. The van der Waals surface area contributed by atoms with E-state index in [0.29, 0.717) is 18.0 Å². The van der Waals surface area contributed by atoms with Crippen LogP contribution in [-0.4, -0.2) is 18.2 Å². The molecule has 0 aliphatic rings. The van der Waals surface area contributed by atoms with E-state index in [4.69, 9.17) is 11.6 Å². The summed E-state index contributed by atoms with van der Waals surface area (Å²) in [7, 11) is 0. The average Bonchev–Trinajstić information content (AvgIpc) is 2.53. The molecule has 3 nitrogen and oxygen atoms in total. The van der Waals surface area contributed by atoms with E-state index < -0.39 is 5.92 Å². The molecule has 0 saturated heterocycles. The molecule has 0 fully saturated rings. The number of benzene rings is 1. The molecule has 0 radical (unpaired) electrons. The van der Waals surface area contributed by atoms with Gasteiger partial charge < -0.3 is 5.32 Å². The van der Waals surface area contributed by atoms with Gasteiger partial charge in [0.1, 0.15) is 5.78 Å². The Bertz CT molecular complexity index is 608. The zero-order valence-corrected chi connectivity index (χ0v) is 15.9. The van der Waals surface area contributed by atoms with Crippen molar-refractivity contribution in [2.24, 2.45) is 5.92 Å². The number of amides is 1. The molecule has 0 saturated carbocycles. The van der Waals surface area contributed by atoms with Gasteiger partial charge in [-0.1, -0.05) is 44.0 Å². The Balaban J connectivity index is 2.75. The Morgan fingerprint density at radius 3 is 2.58 bits per heavy atom. The molecule has 0 spiro atoms. The van der Waals surface area contributed by atoms with Crippen LogP contribution in [0.1, 0.15) is 57.6 Å². The third kappa shape index (κ3) is 6.12. The molecule has 4 heteroatoms. The highest BCUT2D eigenvalue weighted by molar-refractivity contribution is 6.30. The summed E-state index contributed by atoms with van der Waals surface area (Å²) < 4.78 is 0. The maximum absolute atomic E-state index is 12.2. The highest BCUT2D eigenvalue weighted by Crippen LogP contribution is 2.25. The first kappa shape index (κ1) is 20.4. The molecular formula is C20H28ClNO2. The predicted octanol–water partition coefficient (Wildman–Crippen LogP) is 4.95. The van der Waals surface area contributed by atoms with Crippen molar-refractivity contribution in [3.8, 4) is 0 Å². The monoisotopic (exact) mass is 349 g/mol. The summed E-state index contributed by atoms with van der Waals surface area (Å²) >= 11 is 6.12. The van der Waals surface area contributed by atoms with Crippen LogP contribution in [0.5, 0.6) is 0 Å². The van der Waals surface area contributed by atoms with Crippen molar-refractivity contribution in [2.45, 2.75) is 53.4 Å². The number of carbonyl (C=O) groups is 2. The molecule has 0 bridgehead atoms. The third-order valence-corrected chi connectivity index (χ3v) is 4.31. The van der Waals surface area contributed by atoms with Crippen LogP contribution >= 0.6 is 11.6 Å². The summed E-state index contributed by atoms with van der Waals surface area (Å²) in [5.74, 6) is -0.756. The van der Waals surface area contributed by atoms with Crippen molar-refractivity contribution in [3.63, 3.8) is 0 Å². The van der Waals surface area contributed by atoms with Crippen LogP contribution < -0.4 is 5.32 Å². The van der Waals surface area contributed by atoms with Gasteiger partial charge in [-0.2, -0.15) is 0 Å². The SMILES string of the molecule is CC/C=C(/CCNC(=O)C(CCC)C(C)=O)c1cc(Cl)ccc1C. The minimum Gasteiger partial charge on any atom is -0.355 e. The number of halogens is 1. The van der Waals surface area contributed by atoms with Gasteiger partial charge in [0.25, 0.3) is 0 Å². The van der Waals surface area contributed by atoms with Gasteiger partial charge in [0.05, 0.1) is 5.92 Å². The average molecular weight is 350 g/mol. The van der Waals surface area contributed by atoms with Gasteiger partial charge in [-0.25, -0.2) is 0 Å². The summed E-state index contributed by atoms with van der Waals surface area (Å²) in [6.45, 7) is 8.13. The topological polar surface area (TPSA) is 46.2 Å². The van der Waals surface area contributed by atoms with E-state index in [0.717, 1.165) is 30.4 Å². The predicted molar refractivity (Wildman–Crippen MR) is 101 cm³/mol. The molecule has 1 rings (SSSR count). The van der Waals surface area contributed by atoms with Gasteiger partial charge in [0.15, 0.2) is 0 Å². The molecule has 1 atom stereocenters. The van der Waals surface area contributed by atoms with E-state index in [2.05, 4.69) is 25.2 Å². The Labute approximate surface area is 150 Å². The van der Waals surface area contributed by atoms with E-state index >= 15 is 0 Å². The zero-order chi connectivity index (χ0) is 18.1. The molecule has 132 valence electrons. The maximum Gasteiger partial charge on any atom is 0.230 e. The van der Waals surface area contributed by atoms with Crippen LogP contribution in [0.3, 0.4) is 0 Å². The van der Waals surface area contributed by atoms with Crippen LogP contribution in [0.4, 0.5) is 0 Å². The Hall–Kier alpha value is -1.61. The van der Waals surface area contributed by atoms with Gasteiger partial charge in [-0.3, -0.25) is 9.59 Å². The van der Waals surface area contributed by atoms with E-state index in [1.165, 1.54) is 12.5 Å². The van der Waals surface area contributed by atoms with Gasteiger partial charge in [0, 0.05) is 11.6 Å². The molecular weight excluding hydrogens is 322 g/mol. The Morgan fingerprint density at radius 1 is 1.29 bits per heavy atom. The molecule has 1 aromatic rings. The lowest BCUT2D eigenvalue weighted by Gasteiger charge is -2.15. The van der Waals surface area contributed by atoms with Crippen molar-refractivity contribution in [2.75, 3.05) is 6.54 Å². The lowest BCUT2D eigenvalue weighted by Crippen LogP contribution is -2.35. The largest absolute Gasteiger partial charge is 0.355 e. The quantitative estimate of drug-likeness (QED) is 0.641. The number of allylic oxidation sites excluding steroid dienone is 1. The van der Waals surface area contributed by atoms with Gasteiger partial charge >= 0.3 is 0 Å². The normalized spacial score (nSPS) is 12.8. The minimum absolute atomic E-state index is 0.0654. The first-order chi connectivity index (χ1) is 11.4. The van der Waals surface area contributed by atoms with Crippen molar-refractivity contribution < 1.29 is 9.59 Å². The molecule has 0 heterocycles. The van der Waals surface area contributed by atoms with Crippen LogP contribution in [0.15, 0.2) is 24.3 Å². The fourth-order valence-electron chi connectivity index (χ4n) is 2.78. The zero-order valence-electron chi connectivity index (χ0n) is 15.1. The smallest absolute Gasteiger partial charge is 0.230 e. The van der Waals surface area contributed by atoms with E-state index in [9.17, 15) is 9.59 Å². The van der Waals surface area contributed by atoms with Gasteiger partial charge in [-0.05, 0) is 61.9 Å². The Kier molecular flexibility index (Phi) is 8.77. The Morgan fingerprint density at radius 2 is 2.00 bits per heavy atom. The molecule has 0 aromatic heterocycles. The minimum atomic E-state index is -0.526. The summed E-state index contributed by atoms with van der Waals surface area (Å²) in [6, 6.07) is 5.86. The fraction of sp³-hybridized carbons (Fsp3) is 0.500. The number of rotatable bonds is 9. The van der Waals surface area contributed by atoms with Gasteiger partial charge in [-0.15, -0.1) is 0 Å². The number of hydrogen-bond acceptors (Lipinski definition) is 2. The summed E-state index contributed by atoms with van der Waals surface area (Å²) in [5.41, 5.74) is 3.46. The second-order valence-electron chi connectivity index (χ2n) is 6.09. The van der Waals surface area contributed by atoms with Crippen LogP contribution in [0, 0.1) is 12.8 Å². The number of nitrogens with one attached hydrogen (secondary N) is 1. The second kappa shape index (κ2) is 10.3. The molecule has 1 aromatic carbocycles. The van der Waals surface area contributed by atoms with Crippen molar-refractivity contribution in [1.29, 1.82) is 0 Å². The van der Waals surface area contributed by atoms with Crippen LogP contribution in [0.2, 0.25) is 5.02 Å². The number of aryl methyl sites for hydroxylation is 1. The van der Waals surface area contributed by atoms with Crippen molar-refractivity contribution in [3.05, 3.63) is 40.4 Å². The molecule has 0 aliphatic carbocycles. The second-order valence-corrected chi connectivity index (χ2v) is 6.53. The first-order valence-electron chi connectivity index (χ1n) is 8.64. The summed E-state index contributed by atoms with van der Waals surface area (Å²) in [6.07, 6.45) is 5.23. The number of hydrogen-bond donors (Lipinski definition) is 1. The van der Waals surface area contributed by atoms with E-state index in [1.807, 2.05) is 25.1 Å². The third-order valence-electron chi connectivity index (χ3n) is 4.07. The van der Waals surface area contributed by atoms with Crippen molar-refractivity contribution in [1.82, 2.24) is 5.32 Å². The molecule has 24 heavy (non-hydrogen) atoms. The van der Waals surface area contributed by atoms with Crippen molar-refractivity contribution >= 4 is 28.9 Å². The highest BCUT2D eigenvalue weighted by Gasteiger charge is 2.21. The van der Waals surface area contributed by atoms with Gasteiger partial charge in [0.2, 0.25) is 5.91 Å². The lowest BCUT2D eigenvalue weighted by molar-refractivity contribution is -0.133. The summed E-state index contributed by atoms with van der Waals surface area (Å²) in [5, 5.41) is 3.62. The molecule has 1 unspecified atom stereocenters. The summed E-state index contributed by atoms with van der Waals surface area (Å²) in [4.78, 5) is 23.8. The first-order valence-corrected chi connectivity index (χ1v) is 9.02. The number of Topliss-reactive ketones (excluding diaryl/α,β-unsaturated/α-hetero) is 1. The van der Waals surface area contributed by atoms with E-state index in [1.54, 1.807) is 0 Å². The number of carbonyl (C=O) groups excluding carboxylic acids is 2.